The molecule has 1 atom stereocenters. The van der Waals surface area contributed by atoms with Crippen molar-refractivity contribution in [2.24, 2.45) is 5.73 Å². The second kappa shape index (κ2) is 12.0. The topological polar surface area (TPSA) is 94.1 Å². The Hall–Kier alpha value is -2.78. The van der Waals surface area contributed by atoms with Gasteiger partial charge in [0.25, 0.3) is 11.5 Å². The monoisotopic (exact) mass is 543 g/mol. The number of hydrogen-bond acceptors (Lipinski definition) is 6. The minimum absolute atomic E-state index is 0.162. The minimum Gasteiger partial charge on any atom is -0.330 e. The fraction of sp³-hybridized carbons (Fsp3) is 0.308. The van der Waals surface area contributed by atoms with Crippen LogP contribution < -0.4 is 11.3 Å². The van der Waals surface area contributed by atoms with E-state index in [2.05, 4.69) is 4.37 Å². The molecule has 4 rings (SSSR count). The second-order valence-electron chi connectivity index (χ2n) is 8.37. The zero-order valence-electron chi connectivity index (χ0n) is 19.9. The fourth-order valence-corrected chi connectivity index (χ4v) is 5.27. The van der Waals surface area contributed by atoms with Crippen molar-refractivity contribution in [3.8, 4) is 0 Å². The van der Waals surface area contributed by atoms with E-state index in [1.54, 1.807) is 33.9 Å². The van der Waals surface area contributed by atoms with Gasteiger partial charge in [0.1, 0.15) is 5.82 Å². The number of amides is 1. The zero-order chi connectivity index (χ0) is 25.7. The number of carbonyl (C=O) groups is 1. The molecule has 188 valence electrons. The van der Waals surface area contributed by atoms with Gasteiger partial charge in [0.05, 0.1) is 33.2 Å². The number of benzene rings is 2. The molecule has 0 saturated carbocycles. The summed E-state index contributed by atoms with van der Waals surface area (Å²) in [4.78, 5) is 34.5. The van der Waals surface area contributed by atoms with Crippen molar-refractivity contribution in [1.29, 1.82) is 0 Å². The Morgan fingerprint density at radius 3 is 2.67 bits per heavy atom. The molecule has 2 aromatic carbocycles. The summed E-state index contributed by atoms with van der Waals surface area (Å²) in [5.41, 5.74) is 7.06. The van der Waals surface area contributed by atoms with Crippen LogP contribution in [0.2, 0.25) is 10.0 Å². The molecule has 0 aliphatic heterocycles. The largest absolute Gasteiger partial charge is 0.330 e. The number of nitrogens with two attached hydrogens (primary N) is 1. The Kier molecular flexibility index (Phi) is 8.74. The lowest BCUT2D eigenvalue weighted by atomic mass is 10.1. The van der Waals surface area contributed by atoms with Crippen molar-refractivity contribution in [3.05, 3.63) is 92.1 Å². The molecule has 2 heterocycles. The molecule has 0 radical (unpaired) electrons. The summed E-state index contributed by atoms with van der Waals surface area (Å²) in [5.74, 6) is 0.245. The van der Waals surface area contributed by atoms with Gasteiger partial charge < -0.3 is 10.6 Å². The van der Waals surface area contributed by atoms with E-state index in [0.717, 1.165) is 5.56 Å². The number of fused-ring (bicyclic) bond motifs is 1. The maximum Gasteiger partial charge on any atom is 0.263 e. The first-order chi connectivity index (χ1) is 17.5. The first-order valence-corrected chi connectivity index (χ1v) is 13.3. The molecule has 36 heavy (non-hydrogen) atoms. The van der Waals surface area contributed by atoms with E-state index in [0.29, 0.717) is 65.5 Å². The van der Waals surface area contributed by atoms with Gasteiger partial charge in [-0.2, -0.15) is 4.37 Å². The lowest BCUT2D eigenvalue weighted by Gasteiger charge is -2.32. The molecule has 1 amide bonds. The van der Waals surface area contributed by atoms with E-state index < -0.39 is 6.04 Å². The van der Waals surface area contributed by atoms with E-state index in [4.69, 9.17) is 33.9 Å². The highest BCUT2D eigenvalue weighted by molar-refractivity contribution is 7.12. The van der Waals surface area contributed by atoms with E-state index in [9.17, 15) is 9.59 Å². The van der Waals surface area contributed by atoms with Gasteiger partial charge in [-0.25, -0.2) is 4.98 Å². The van der Waals surface area contributed by atoms with E-state index in [-0.39, 0.29) is 16.5 Å². The number of aryl methyl sites for hydroxylation is 1. The number of carbonyl (C=O) groups excluding carboxylic acids is 1. The summed E-state index contributed by atoms with van der Waals surface area (Å²) in [6.07, 6.45) is 3.32. The van der Waals surface area contributed by atoms with Crippen molar-refractivity contribution < 1.29 is 4.79 Å². The van der Waals surface area contributed by atoms with Crippen LogP contribution in [-0.4, -0.2) is 37.8 Å². The van der Waals surface area contributed by atoms with Crippen LogP contribution in [0, 0.1) is 0 Å². The molecule has 0 aliphatic rings. The van der Waals surface area contributed by atoms with Gasteiger partial charge in [0.15, 0.2) is 4.83 Å². The van der Waals surface area contributed by atoms with E-state index >= 15 is 0 Å². The first-order valence-electron chi connectivity index (χ1n) is 11.8. The predicted octanol–water partition coefficient (Wildman–Crippen LogP) is 5.34. The highest BCUT2D eigenvalue weighted by Gasteiger charge is 2.30. The van der Waals surface area contributed by atoms with Gasteiger partial charge in [-0.3, -0.25) is 14.2 Å². The molecule has 2 N–H and O–H groups in total. The molecule has 0 fully saturated rings. The van der Waals surface area contributed by atoms with Crippen LogP contribution in [0.4, 0.5) is 0 Å². The van der Waals surface area contributed by atoms with Crippen LogP contribution in [0.3, 0.4) is 0 Å². The Morgan fingerprint density at radius 2 is 1.94 bits per heavy atom. The maximum atomic E-state index is 13.8. The van der Waals surface area contributed by atoms with Crippen molar-refractivity contribution in [2.45, 2.75) is 38.8 Å². The third-order valence-corrected chi connectivity index (χ3v) is 7.61. The predicted molar refractivity (Wildman–Crippen MR) is 146 cm³/mol. The van der Waals surface area contributed by atoms with Crippen LogP contribution in [0.1, 0.15) is 47.6 Å². The van der Waals surface area contributed by atoms with Crippen molar-refractivity contribution in [3.63, 3.8) is 0 Å². The summed E-state index contributed by atoms with van der Waals surface area (Å²) in [6.45, 7) is 3.18. The smallest absolute Gasteiger partial charge is 0.263 e. The molecule has 10 heteroatoms. The SMILES string of the molecule is CCC(c1nc2sncc2c(=O)n1CCc1ccccc1)N(CCCN)C(=O)c1cccc(Cl)c1Cl. The summed E-state index contributed by atoms with van der Waals surface area (Å²) in [6, 6.07) is 14.5. The number of hydrogen-bond donors (Lipinski definition) is 1. The van der Waals surface area contributed by atoms with Crippen LogP contribution in [0.5, 0.6) is 0 Å². The highest BCUT2D eigenvalue weighted by atomic mass is 35.5. The minimum atomic E-state index is -0.478. The fourth-order valence-electron chi connectivity index (χ4n) is 4.26. The van der Waals surface area contributed by atoms with Gasteiger partial charge in [-0.1, -0.05) is 66.5 Å². The number of aromatic nitrogens is 3. The Bertz CT molecular complexity index is 1410. The molecular weight excluding hydrogens is 517 g/mol. The lowest BCUT2D eigenvalue weighted by molar-refractivity contribution is 0.0655. The van der Waals surface area contributed by atoms with Gasteiger partial charge in [0.2, 0.25) is 0 Å². The summed E-state index contributed by atoms with van der Waals surface area (Å²) < 4.78 is 5.86. The van der Waals surface area contributed by atoms with E-state index in [1.165, 1.54) is 11.5 Å². The van der Waals surface area contributed by atoms with Gasteiger partial charge in [-0.05, 0) is 55.0 Å². The summed E-state index contributed by atoms with van der Waals surface area (Å²) in [7, 11) is 0. The number of nitrogens with zero attached hydrogens (tertiary/aromatic N) is 4. The molecule has 0 aliphatic carbocycles. The zero-order valence-corrected chi connectivity index (χ0v) is 22.2. The molecule has 0 spiro atoms. The van der Waals surface area contributed by atoms with Crippen LogP contribution >= 0.6 is 34.7 Å². The molecule has 0 saturated heterocycles. The third-order valence-electron chi connectivity index (χ3n) is 6.09. The van der Waals surface area contributed by atoms with Crippen LogP contribution in [-0.2, 0) is 13.0 Å². The number of halogens is 2. The molecule has 7 nitrogen and oxygen atoms in total. The van der Waals surface area contributed by atoms with Crippen molar-refractivity contribution in [2.75, 3.05) is 13.1 Å². The van der Waals surface area contributed by atoms with E-state index in [1.807, 2.05) is 37.3 Å². The Labute approximate surface area is 223 Å². The quantitative estimate of drug-likeness (QED) is 0.291. The lowest BCUT2D eigenvalue weighted by Crippen LogP contribution is -2.40. The van der Waals surface area contributed by atoms with Crippen LogP contribution in [0.15, 0.2) is 59.5 Å². The first kappa shape index (κ1) is 26.3. The average Bonchev–Trinajstić information content (AvgIpc) is 3.37. The van der Waals surface area contributed by atoms with Crippen molar-refractivity contribution >= 4 is 50.9 Å². The molecular formula is C26H27Cl2N5O2S. The average molecular weight is 545 g/mol. The van der Waals surface area contributed by atoms with Crippen molar-refractivity contribution in [1.82, 2.24) is 18.8 Å². The summed E-state index contributed by atoms with van der Waals surface area (Å²) in [5, 5.41) is 0.979. The van der Waals surface area contributed by atoms with Gasteiger partial charge >= 0.3 is 0 Å². The van der Waals surface area contributed by atoms with Crippen LogP contribution in [0.25, 0.3) is 10.2 Å². The molecule has 1 unspecified atom stereocenters. The van der Waals surface area contributed by atoms with Gasteiger partial charge in [-0.15, -0.1) is 0 Å². The molecule has 4 aromatic rings. The third kappa shape index (κ3) is 5.47. The molecule has 0 bridgehead atoms. The second-order valence-corrected chi connectivity index (χ2v) is 9.94. The number of rotatable bonds is 10. The highest BCUT2D eigenvalue weighted by Crippen LogP contribution is 2.31. The standard InChI is InChI=1S/C26H27Cl2N5O2S/c1-2-21(32(14-7-13-29)25(34)18-10-6-11-20(27)22(18)28)23-31-24-19(16-30-36-24)26(35)33(23)15-12-17-8-4-3-5-9-17/h3-6,8-11,16,21H,2,7,12-15,29H2,1H3. The molecule has 2 aromatic heterocycles. The maximum absolute atomic E-state index is 13.8. The Balaban J connectivity index is 1.81. The Morgan fingerprint density at radius 1 is 1.17 bits per heavy atom. The van der Waals surface area contributed by atoms with Gasteiger partial charge in [0, 0.05) is 13.1 Å². The summed E-state index contributed by atoms with van der Waals surface area (Å²) >= 11 is 13.8. The normalized spacial score (nSPS) is 12.1.